The molecule has 3 nitrogen and oxygen atoms in total. The highest BCUT2D eigenvalue weighted by Gasteiger charge is 2.19. The number of hydrogen-bond donors (Lipinski definition) is 1. The molecule has 1 N–H and O–H groups in total. The van der Waals surface area contributed by atoms with Crippen LogP contribution in [0.4, 0.5) is 0 Å². The molecule has 0 aliphatic carbocycles. The van der Waals surface area contributed by atoms with E-state index < -0.39 is 9.84 Å². The van der Waals surface area contributed by atoms with Crippen LogP contribution in [-0.2, 0) is 9.84 Å². The van der Waals surface area contributed by atoms with E-state index in [-0.39, 0.29) is 5.25 Å². The van der Waals surface area contributed by atoms with Crippen LogP contribution >= 0.6 is 0 Å². The number of sulfone groups is 1. The van der Waals surface area contributed by atoms with Gasteiger partial charge in [0.25, 0.3) is 0 Å². The summed E-state index contributed by atoms with van der Waals surface area (Å²) in [6.45, 7) is 8.78. The smallest absolute Gasteiger partial charge is 0.152 e. The first kappa shape index (κ1) is 15.9. The molecule has 0 aliphatic rings. The van der Waals surface area contributed by atoms with Gasteiger partial charge in [0.15, 0.2) is 9.84 Å². The van der Waals surface area contributed by atoms with Crippen molar-refractivity contribution in [3.05, 3.63) is 0 Å². The molecule has 0 rings (SSSR count). The number of rotatable bonds is 8. The van der Waals surface area contributed by atoms with Crippen LogP contribution in [0.25, 0.3) is 0 Å². The fraction of sp³-hybridized carbons (Fsp3) is 1.00. The van der Waals surface area contributed by atoms with Crippen molar-refractivity contribution in [2.45, 2.75) is 45.8 Å². The van der Waals surface area contributed by atoms with Crippen molar-refractivity contribution in [1.82, 2.24) is 5.32 Å². The predicted molar refractivity (Wildman–Crippen MR) is 70.4 cm³/mol. The standard InChI is InChI=1S/C12H27NO2S/c1-10(2)8-12(9-13-5)6-7-16(14,15)11(3)4/h10-13H,6-9H2,1-5H3. The Kier molecular flexibility index (Phi) is 7.24. The first-order chi connectivity index (χ1) is 7.29. The second-order valence-corrected chi connectivity index (χ2v) is 7.93. The average molecular weight is 249 g/mol. The molecule has 0 bridgehead atoms. The Bertz CT molecular complexity index is 271. The van der Waals surface area contributed by atoms with Gasteiger partial charge in [-0.3, -0.25) is 0 Å². The summed E-state index contributed by atoms with van der Waals surface area (Å²) < 4.78 is 23.4. The molecule has 16 heavy (non-hydrogen) atoms. The summed E-state index contributed by atoms with van der Waals surface area (Å²) in [4.78, 5) is 0. The molecular formula is C12H27NO2S. The molecule has 0 aromatic rings. The monoisotopic (exact) mass is 249 g/mol. The maximum Gasteiger partial charge on any atom is 0.152 e. The summed E-state index contributed by atoms with van der Waals surface area (Å²) in [5.74, 6) is 1.42. The van der Waals surface area contributed by atoms with Gasteiger partial charge < -0.3 is 5.32 Å². The van der Waals surface area contributed by atoms with E-state index in [0.717, 1.165) is 19.4 Å². The van der Waals surface area contributed by atoms with Crippen LogP contribution in [-0.4, -0.2) is 33.0 Å². The summed E-state index contributed by atoms with van der Waals surface area (Å²) in [5, 5.41) is 2.90. The summed E-state index contributed by atoms with van der Waals surface area (Å²) in [6.07, 6.45) is 1.87. The highest BCUT2D eigenvalue weighted by Crippen LogP contribution is 2.16. The van der Waals surface area contributed by atoms with Crippen LogP contribution in [0, 0.1) is 11.8 Å². The normalized spacial score (nSPS) is 14.7. The Morgan fingerprint density at radius 2 is 1.69 bits per heavy atom. The minimum Gasteiger partial charge on any atom is -0.319 e. The maximum absolute atomic E-state index is 11.7. The minimum atomic E-state index is -2.88. The van der Waals surface area contributed by atoms with Gasteiger partial charge in [-0.05, 0) is 52.1 Å². The molecule has 0 aromatic carbocycles. The van der Waals surface area contributed by atoms with Gasteiger partial charge in [0.2, 0.25) is 0 Å². The summed E-state index contributed by atoms with van der Waals surface area (Å²) in [6, 6.07) is 0. The van der Waals surface area contributed by atoms with Gasteiger partial charge in [-0.2, -0.15) is 0 Å². The van der Waals surface area contributed by atoms with Crippen molar-refractivity contribution >= 4 is 9.84 Å². The van der Waals surface area contributed by atoms with Crippen molar-refractivity contribution in [3.8, 4) is 0 Å². The zero-order valence-electron chi connectivity index (χ0n) is 11.3. The zero-order valence-corrected chi connectivity index (χ0v) is 12.1. The topological polar surface area (TPSA) is 46.2 Å². The van der Waals surface area contributed by atoms with E-state index in [2.05, 4.69) is 19.2 Å². The molecule has 98 valence electrons. The van der Waals surface area contributed by atoms with E-state index in [1.165, 1.54) is 0 Å². The third kappa shape index (κ3) is 6.48. The van der Waals surface area contributed by atoms with Crippen molar-refractivity contribution in [3.63, 3.8) is 0 Å². The first-order valence-electron chi connectivity index (χ1n) is 6.15. The summed E-state index contributed by atoms with van der Waals surface area (Å²) in [7, 11) is -0.954. The quantitative estimate of drug-likeness (QED) is 0.716. The lowest BCUT2D eigenvalue weighted by atomic mass is 9.95. The lowest BCUT2D eigenvalue weighted by Crippen LogP contribution is -2.25. The Balaban J connectivity index is 4.21. The first-order valence-corrected chi connectivity index (χ1v) is 7.87. The van der Waals surface area contributed by atoms with Crippen LogP contribution in [0.2, 0.25) is 0 Å². The Labute approximate surface area is 101 Å². The molecule has 0 aliphatic heterocycles. The largest absolute Gasteiger partial charge is 0.319 e. The van der Waals surface area contributed by atoms with E-state index in [1.54, 1.807) is 13.8 Å². The number of nitrogens with one attached hydrogen (secondary N) is 1. The van der Waals surface area contributed by atoms with Crippen LogP contribution in [0.1, 0.15) is 40.5 Å². The molecule has 4 heteroatoms. The Morgan fingerprint density at radius 1 is 1.12 bits per heavy atom. The molecule has 0 radical (unpaired) electrons. The molecule has 0 amide bonds. The Hall–Kier alpha value is -0.0900. The van der Waals surface area contributed by atoms with E-state index in [4.69, 9.17) is 0 Å². The molecule has 0 fully saturated rings. The molecule has 0 saturated carbocycles. The summed E-state index contributed by atoms with van der Waals surface area (Å²) in [5.41, 5.74) is 0. The van der Waals surface area contributed by atoms with E-state index in [0.29, 0.717) is 17.6 Å². The van der Waals surface area contributed by atoms with E-state index >= 15 is 0 Å². The lowest BCUT2D eigenvalue weighted by Gasteiger charge is -2.19. The highest BCUT2D eigenvalue weighted by atomic mass is 32.2. The molecule has 0 spiro atoms. The van der Waals surface area contributed by atoms with Crippen molar-refractivity contribution in [2.75, 3.05) is 19.3 Å². The highest BCUT2D eigenvalue weighted by molar-refractivity contribution is 7.91. The van der Waals surface area contributed by atoms with Gasteiger partial charge >= 0.3 is 0 Å². The average Bonchev–Trinajstić information content (AvgIpc) is 2.13. The van der Waals surface area contributed by atoms with Crippen molar-refractivity contribution < 1.29 is 8.42 Å². The molecule has 0 aromatic heterocycles. The van der Waals surface area contributed by atoms with Crippen molar-refractivity contribution in [1.29, 1.82) is 0 Å². The lowest BCUT2D eigenvalue weighted by molar-refractivity contribution is 0.387. The molecule has 0 saturated heterocycles. The van der Waals surface area contributed by atoms with Crippen LogP contribution < -0.4 is 5.32 Å². The third-order valence-electron chi connectivity index (χ3n) is 2.83. The van der Waals surface area contributed by atoms with E-state index in [9.17, 15) is 8.42 Å². The fourth-order valence-corrected chi connectivity index (χ4v) is 2.96. The fourth-order valence-electron chi connectivity index (χ4n) is 1.83. The van der Waals surface area contributed by atoms with Gasteiger partial charge in [0.1, 0.15) is 0 Å². The molecule has 1 atom stereocenters. The molecule has 1 unspecified atom stereocenters. The summed E-state index contributed by atoms with van der Waals surface area (Å²) >= 11 is 0. The van der Waals surface area contributed by atoms with Crippen LogP contribution in [0.15, 0.2) is 0 Å². The maximum atomic E-state index is 11.7. The second-order valence-electron chi connectivity index (χ2n) is 5.26. The van der Waals surface area contributed by atoms with Crippen LogP contribution in [0.3, 0.4) is 0 Å². The van der Waals surface area contributed by atoms with Gasteiger partial charge in [0, 0.05) is 0 Å². The van der Waals surface area contributed by atoms with Crippen molar-refractivity contribution in [2.24, 2.45) is 11.8 Å². The third-order valence-corrected chi connectivity index (χ3v) is 5.07. The molecule has 0 heterocycles. The van der Waals surface area contributed by atoms with Gasteiger partial charge in [-0.15, -0.1) is 0 Å². The SMILES string of the molecule is CNCC(CCS(=O)(=O)C(C)C)CC(C)C. The molecular weight excluding hydrogens is 222 g/mol. The zero-order chi connectivity index (χ0) is 12.8. The van der Waals surface area contributed by atoms with Gasteiger partial charge in [0.05, 0.1) is 11.0 Å². The van der Waals surface area contributed by atoms with Gasteiger partial charge in [-0.1, -0.05) is 13.8 Å². The van der Waals surface area contributed by atoms with E-state index in [1.807, 2.05) is 7.05 Å². The van der Waals surface area contributed by atoms with Crippen LogP contribution in [0.5, 0.6) is 0 Å². The second kappa shape index (κ2) is 7.28. The Morgan fingerprint density at radius 3 is 2.06 bits per heavy atom. The minimum absolute atomic E-state index is 0.248. The number of hydrogen-bond acceptors (Lipinski definition) is 3. The predicted octanol–water partition coefficient (Wildman–Crippen LogP) is 2.08. The van der Waals surface area contributed by atoms with Gasteiger partial charge in [-0.25, -0.2) is 8.42 Å².